The first-order valence-corrected chi connectivity index (χ1v) is 6.76. The van der Waals surface area contributed by atoms with Gasteiger partial charge in [-0.25, -0.2) is 0 Å². The molecule has 2 bridgehead atoms. The number of rotatable bonds is 0. The van der Waals surface area contributed by atoms with Crippen LogP contribution in [0.15, 0.2) is 12.3 Å². The highest BCUT2D eigenvalue weighted by Crippen LogP contribution is 2.13. The second kappa shape index (κ2) is 6.87. The fourth-order valence-electron chi connectivity index (χ4n) is 2.16. The number of fused-ring (bicyclic) bond motifs is 10. The van der Waals surface area contributed by atoms with E-state index in [1.807, 2.05) is 6.20 Å². The van der Waals surface area contributed by atoms with Crippen LogP contribution >= 0.6 is 0 Å². The topological polar surface area (TPSA) is 12.9 Å². The van der Waals surface area contributed by atoms with Gasteiger partial charge in [-0.15, -0.1) is 0 Å². The van der Waals surface area contributed by atoms with E-state index in [1.54, 1.807) is 0 Å². The molecule has 2 heterocycles. The molecular formula is C17H19N. The first-order chi connectivity index (χ1) is 8.86. The molecular weight excluding hydrogens is 218 g/mol. The molecule has 92 valence electrons. The van der Waals surface area contributed by atoms with Gasteiger partial charge in [-0.1, -0.05) is 17.9 Å². The van der Waals surface area contributed by atoms with E-state index in [0.29, 0.717) is 0 Å². The molecule has 0 N–H and O–H groups in total. The Labute approximate surface area is 110 Å². The maximum absolute atomic E-state index is 4.60. The monoisotopic (exact) mass is 237 g/mol. The lowest BCUT2D eigenvalue weighted by atomic mass is 10.0. The Balaban J connectivity index is 2.10. The van der Waals surface area contributed by atoms with Gasteiger partial charge in [-0.3, -0.25) is 4.98 Å². The van der Waals surface area contributed by atoms with Crippen LogP contribution in [-0.4, -0.2) is 4.98 Å². The largest absolute Gasteiger partial charge is 0.261 e. The number of hydrogen-bond donors (Lipinski definition) is 0. The van der Waals surface area contributed by atoms with Crippen LogP contribution in [0.2, 0.25) is 0 Å². The molecule has 3 rings (SSSR count). The molecule has 1 aromatic rings. The van der Waals surface area contributed by atoms with E-state index in [4.69, 9.17) is 0 Å². The van der Waals surface area contributed by atoms with Crippen molar-refractivity contribution < 1.29 is 0 Å². The predicted molar refractivity (Wildman–Crippen MR) is 75.0 cm³/mol. The standard InChI is InChI=1S/C17H19N/c1-15-13-16-11-9-7-5-3-2-4-6-8-10-12-17(15)18-14-16/h13-14H,6-12H2,1H3. The molecule has 1 aliphatic heterocycles. The average molecular weight is 237 g/mol. The Bertz CT molecular complexity index is 520. The first kappa shape index (κ1) is 12.7. The Morgan fingerprint density at radius 3 is 2.56 bits per heavy atom. The summed E-state index contributed by atoms with van der Waals surface area (Å²) in [4.78, 5) is 4.60. The summed E-state index contributed by atoms with van der Waals surface area (Å²) >= 11 is 0. The van der Waals surface area contributed by atoms with E-state index in [0.717, 1.165) is 44.9 Å². The second-order valence-corrected chi connectivity index (χ2v) is 4.77. The van der Waals surface area contributed by atoms with Gasteiger partial charge in [0.25, 0.3) is 0 Å². The molecule has 1 heteroatoms. The summed E-state index contributed by atoms with van der Waals surface area (Å²) in [6.45, 7) is 2.17. The fourth-order valence-corrected chi connectivity index (χ4v) is 2.16. The summed E-state index contributed by atoms with van der Waals surface area (Å²) in [5.41, 5.74) is 3.91. The lowest BCUT2D eigenvalue weighted by molar-refractivity contribution is 0.736. The summed E-state index contributed by atoms with van der Waals surface area (Å²) in [6.07, 6.45) is 9.44. The van der Waals surface area contributed by atoms with Crippen molar-refractivity contribution in [2.75, 3.05) is 0 Å². The summed E-state index contributed by atoms with van der Waals surface area (Å²) in [6, 6.07) is 2.28. The first-order valence-electron chi connectivity index (χ1n) is 6.76. The SMILES string of the molecule is Cc1cc2cnc1CCCCC#CC#CCCC2. The third-order valence-corrected chi connectivity index (χ3v) is 3.22. The Hall–Kier alpha value is -1.73. The quantitative estimate of drug-likeness (QED) is 0.630. The maximum atomic E-state index is 4.60. The van der Waals surface area contributed by atoms with Crippen LogP contribution in [0, 0.1) is 30.6 Å². The van der Waals surface area contributed by atoms with Crippen LogP contribution < -0.4 is 0 Å². The van der Waals surface area contributed by atoms with Crippen LogP contribution in [0.25, 0.3) is 0 Å². The van der Waals surface area contributed by atoms with Crippen molar-refractivity contribution in [1.82, 2.24) is 4.98 Å². The van der Waals surface area contributed by atoms with E-state index in [1.165, 1.54) is 16.8 Å². The molecule has 18 heavy (non-hydrogen) atoms. The fraction of sp³-hybridized carbons (Fsp3) is 0.471. The third-order valence-electron chi connectivity index (χ3n) is 3.22. The van der Waals surface area contributed by atoms with Gasteiger partial charge in [0.2, 0.25) is 0 Å². The van der Waals surface area contributed by atoms with Gasteiger partial charge >= 0.3 is 0 Å². The van der Waals surface area contributed by atoms with Crippen LogP contribution in [0.5, 0.6) is 0 Å². The third kappa shape index (κ3) is 3.94. The van der Waals surface area contributed by atoms with Crippen molar-refractivity contribution in [3.63, 3.8) is 0 Å². The Morgan fingerprint density at radius 2 is 1.78 bits per heavy atom. The molecule has 0 saturated carbocycles. The smallest absolute Gasteiger partial charge is 0.0432 e. The van der Waals surface area contributed by atoms with Crippen LogP contribution in [0.3, 0.4) is 0 Å². The second-order valence-electron chi connectivity index (χ2n) is 4.77. The van der Waals surface area contributed by atoms with Crippen molar-refractivity contribution in [3.8, 4) is 23.7 Å². The van der Waals surface area contributed by atoms with E-state index in [-0.39, 0.29) is 0 Å². The molecule has 0 spiro atoms. The van der Waals surface area contributed by atoms with Gasteiger partial charge < -0.3 is 0 Å². The normalized spacial score (nSPS) is 15.6. The zero-order chi connectivity index (χ0) is 12.6. The average Bonchev–Trinajstić information content (AvgIpc) is 2.38. The van der Waals surface area contributed by atoms with Crippen LogP contribution in [0.4, 0.5) is 0 Å². The van der Waals surface area contributed by atoms with E-state index in [2.05, 4.69) is 41.7 Å². The minimum Gasteiger partial charge on any atom is -0.261 e. The Kier molecular flexibility index (Phi) is 4.86. The number of aromatic nitrogens is 1. The number of aryl methyl sites for hydroxylation is 3. The van der Waals surface area contributed by atoms with Crippen LogP contribution in [-0.2, 0) is 12.8 Å². The minimum atomic E-state index is 0.926. The molecule has 0 aromatic carbocycles. The van der Waals surface area contributed by atoms with Gasteiger partial charge in [0.1, 0.15) is 0 Å². The Morgan fingerprint density at radius 1 is 1.00 bits per heavy atom. The molecule has 2 aliphatic rings. The molecule has 0 radical (unpaired) electrons. The molecule has 0 atom stereocenters. The summed E-state index contributed by atoms with van der Waals surface area (Å²) in [5.74, 6) is 12.1. The zero-order valence-electron chi connectivity index (χ0n) is 11.1. The van der Waals surface area contributed by atoms with E-state index < -0.39 is 0 Å². The summed E-state index contributed by atoms with van der Waals surface area (Å²) in [7, 11) is 0. The van der Waals surface area contributed by atoms with Gasteiger partial charge in [0.05, 0.1) is 0 Å². The molecule has 0 unspecified atom stereocenters. The highest BCUT2D eigenvalue weighted by atomic mass is 14.7. The maximum Gasteiger partial charge on any atom is 0.0432 e. The predicted octanol–water partition coefficient (Wildman–Crippen LogP) is 3.45. The molecule has 1 aliphatic carbocycles. The summed E-state index contributed by atoms with van der Waals surface area (Å²) < 4.78 is 0. The van der Waals surface area contributed by atoms with Gasteiger partial charge in [-0.05, 0) is 62.0 Å². The lowest BCUT2D eigenvalue weighted by Gasteiger charge is -2.07. The zero-order valence-corrected chi connectivity index (χ0v) is 11.1. The number of pyridine rings is 1. The molecule has 0 fully saturated rings. The molecule has 1 aromatic heterocycles. The minimum absolute atomic E-state index is 0.926. The van der Waals surface area contributed by atoms with Gasteiger partial charge in [0, 0.05) is 24.7 Å². The highest BCUT2D eigenvalue weighted by molar-refractivity contribution is 5.27. The van der Waals surface area contributed by atoms with Crippen LogP contribution in [0.1, 0.15) is 48.9 Å². The van der Waals surface area contributed by atoms with Crippen molar-refractivity contribution in [2.45, 2.75) is 51.9 Å². The van der Waals surface area contributed by atoms with E-state index >= 15 is 0 Å². The number of nitrogens with zero attached hydrogens (tertiary/aromatic N) is 1. The van der Waals surface area contributed by atoms with E-state index in [9.17, 15) is 0 Å². The van der Waals surface area contributed by atoms with Crippen molar-refractivity contribution in [2.24, 2.45) is 0 Å². The lowest BCUT2D eigenvalue weighted by Crippen LogP contribution is -1.97. The van der Waals surface area contributed by atoms with Crippen molar-refractivity contribution >= 4 is 0 Å². The highest BCUT2D eigenvalue weighted by Gasteiger charge is 2.02. The summed E-state index contributed by atoms with van der Waals surface area (Å²) in [5, 5.41) is 0. The molecule has 0 amide bonds. The molecule has 0 saturated heterocycles. The van der Waals surface area contributed by atoms with Gasteiger partial charge in [-0.2, -0.15) is 0 Å². The van der Waals surface area contributed by atoms with Crippen molar-refractivity contribution in [3.05, 3.63) is 29.1 Å². The van der Waals surface area contributed by atoms with Gasteiger partial charge in [0.15, 0.2) is 0 Å². The number of hydrogen-bond acceptors (Lipinski definition) is 1. The molecule has 1 nitrogen and oxygen atoms in total. The van der Waals surface area contributed by atoms with Crippen molar-refractivity contribution in [1.29, 1.82) is 0 Å².